The van der Waals surface area contributed by atoms with Gasteiger partial charge in [0.25, 0.3) is 0 Å². The van der Waals surface area contributed by atoms with E-state index in [1.807, 2.05) is 0 Å². The minimum atomic E-state index is -2.24. The summed E-state index contributed by atoms with van der Waals surface area (Å²) in [5, 5.41) is 0. The van der Waals surface area contributed by atoms with Gasteiger partial charge in [-0.2, -0.15) is 0 Å². The third kappa shape index (κ3) is 2.88. The molecule has 2 aromatic rings. The highest BCUT2D eigenvalue weighted by molar-refractivity contribution is 7.78. The Kier molecular flexibility index (Phi) is 3.63. The van der Waals surface area contributed by atoms with E-state index in [4.69, 9.17) is 5.73 Å². The number of hydrogen-bond donors (Lipinski definition) is 1. The Morgan fingerprint density at radius 2 is 2.11 bits per heavy atom. The van der Waals surface area contributed by atoms with Crippen molar-refractivity contribution in [1.29, 1.82) is 0 Å². The SMILES string of the molecule is Nc1cnc(-c2ccc(CS(=O)[O-])cc2F)cn1. The second-order valence-electron chi connectivity index (χ2n) is 3.59. The average Bonchev–Trinajstić information content (AvgIpc) is 2.30. The van der Waals surface area contributed by atoms with Gasteiger partial charge >= 0.3 is 0 Å². The molecule has 0 saturated heterocycles. The molecule has 0 bridgehead atoms. The van der Waals surface area contributed by atoms with E-state index in [1.165, 1.54) is 30.6 Å². The number of hydrogen-bond acceptors (Lipinski definition) is 5. The van der Waals surface area contributed by atoms with Crippen LogP contribution in [0.4, 0.5) is 10.2 Å². The highest BCUT2D eigenvalue weighted by Gasteiger charge is 2.08. The van der Waals surface area contributed by atoms with E-state index in [2.05, 4.69) is 9.97 Å². The summed E-state index contributed by atoms with van der Waals surface area (Å²) in [5.41, 5.74) is 6.36. The summed E-state index contributed by atoms with van der Waals surface area (Å²) in [6.45, 7) is 0. The predicted molar refractivity (Wildman–Crippen MR) is 64.5 cm³/mol. The number of nitrogen functional groups attached to an aromatic ring is 1. The maximum atomic E-state index is 13.8. The molecule has 18 heavy (non-hydrogen) atoms. The van der Waals surface area contributed by atoms with Gasteiger partial charge in [0.1, 0.15) is 11.6 Å². The summed E-state index contributed by atoms with van der Waals surface area (Å²) in [6, 6.07) is 4.17. The van der Waals surface area contributed by atoms with E-state index in [0.717, 1.165) is 0 Å². The number of aromatic nitrogens is 2. The standard InChI is InChI=1S/C11H10FN3O2S/c12-9-3-7(6-18(16)17)1-2-8(9)10-4-15-11(13)5-14-10/h1-5H,6H2,(H2,13,15)(H,16,17)/p-1. The van der Waals surface area contributed by atoms with Crippen LogP contribution in [0.5, 0.6) is 0 Å². The zero-order valence-electron chi connectivity index (χ0n) is 9.17. The summed E-state index contributed by atoms with van der Waals surface area (Å²) < 4.78 is 34.8. The monoisotopic (exact) mass is 266 g/mol. The molecule has 1 unspecified atom stereocenters. The Balaban J connectivity index is 2.35. The van der Waals surface area contributed by atoms with Crippen molar-refractivity contribution in [2.75, 3.05) is 5.73 Å². The van der Waals surface area contributed by atoms with Crippen molar-refractivity contribution in [1.82, 2.24) is 9.97 Å². The molecule has 1 heterocycles. The fourth-order valence-corrected chi connectivity index (χ4v) is 1.92. The van der Waals surface area contributed by atoms with Crippen molar-refractivity contribution in [3.63, 3.8) is 0 Å². The Morgan fingerprint density at radius 1 is 1.33 bits per heavy atom. The van der Waals surface area contributed by atoms with Crippen LogP contribution in [0.25, 0.3) is 11.3 Å². The molecule has 7 heteroatoms. The van der Waals surface area contributed by atoms with E-state index >= 15 is 0 Å². The Labute approximate surface area is 105 Å². The maximum Gasteiger partial charge on any atom is 0.141 e. The normalized spacial score (nSPS) is 12.3. The molecule has 1 aromatic heterocycles. The molecule has 0 saturated carbocycles. The van der Waals surface area contributed by atoms with Crippen molar-refractivity contribution >= 4 is 16.9 Å². The number of rotatable bonds is 3. The van der Waals surface area contributed by atoms with Gasteiger partial charge in [-0.15, -0.1) is 0 Å². The fraction of sp³-hybridized carbons (Fsp3) is 0.0909. The molecule has 1 atom stereocenters. The summed E-state index contributed by atoms with van der Waals surface area (Å²) >= 11 is -2.24. The number of anilines is 1. The minimum Gasteiger partial charge on any atom is -0.772 e. The van der Waals surface area contributed by atoms with Gasteiger partial charge in [0.05, 0.1) is 18.1 Å². The first kappa shape index (κ1) is 12.6. The van der Waals surface area contributed by atoms with E-state index < -0.39 is 16.9 Å². The lowest BCUT2D eigenvalue weighted by molar-refractivity contribution is 0.536. The largest absolute Gasteiger partial charge is 0.772 e. The van der Waals surface area contributed by atoms with Crippen LogP contribution < -0.4 is 5.73 Å². The van der Waals surface area contributed by atoms with E-state index in [0.29, 0.717) is 11.3 Å². The van der Waals surface area contributed by atoms with Crippen LogP contribution in [0.1, 0.15) is 5.56 Å². The Hall–Kier alpha value is -1.86. The molecule has 2 rings (SSSR count). The van der Waals surface area contributed by atoms with Gasteiger partial charge in [0.2, 0.25) is 0 Å². The van der Waals surface area contributed by atoms with E-state index in [-0.39, 0.29) is 17.1 Å². The highest BCUT2D eigenvalue weighted by atomic mass is 32.2. The number of benzene rings is 1. The highest BCUT2D eigenvalue weighted by Crippen LogP contribution is 2.21. The average molecular weight is 266 g/mol. The van der Waals surface area contributed by atoms with Gasteiger partial charge in [-0.25, -0.2) is 9.37 Å². The lowest BCUT2D eigenvalue weighted by Crippen LogP contribution is -1.97. The maximum absolute atomic E-state index is 13.8. The molecule has 0 spiro atoms. The Morgan fingerprint density at radius 3 is 2.67 bits per heavy atom. The molecule has 2 N–H and O–H groups in total. The van der Waals surface area contributed by atoms with Crippen LogP contribution in [0, 0.1) is 5.82 Å². The molecular weight excluding hydrogens is 257 g/mol. The Bertz CT molecular complexity index is 589. The molecule has 0 aliphatic rings. The summed E-state index contributed by atoms with van der Waals surface area (Å²) in [6.07, 6.45) is 2.69. The van der Waals surface area contributed by atoms with Crippen molar-refractivity contribution in [2.24, 2.45) is 0 Å². The van der Waals surface area contributed by atoms with Gasteiger partial charge in [-0.05, 0) is 17.7 Å². The first-order valence-corrected chi connectivity index (χ1v) is 6.23. The smallest absolute Gasteiger partial charge is 0.141 e. The van der Waals surface area contributed by atoms with Crippen LogP contribution >= 0.6 is 0 Å². The van der Waals surface area contributed by atoms with Crippen LogP contribution in [-0.2, 0) is 16.8 Å². The second-order valence-corrected chi connectivity index (χ2v) is 4.48. The van der Waals surface area contributed by atoms with Gasteiger partial charge in [0.15, 0.2) is 0 Å². The molecule has 0 aliphatic carbocycles. The molecule has 0 aliphatic heterocycles. The molecule has 0 amide bonds. The summed E-state index contributed by atoms with van der Waals surface area (Å²) in [5.74, 6) is -0.514. The zero-order chi connectivity index (χ0) is 13.1. The number of halogens is 1. The molecule has 94 valence electrons. The molecule has 5 nitrogen and oxygen atoms in total. The predicted octanol–water partition coefficient (Wildman–Crippen LogP) is 1.24. The van der Waals surface area contributed by atoms with E-state index in [1.54, 1.807) is 0 Å². The van der Waals surface area contributed by atoms with Crippen molar-refractivity contribution in [3.8, 4) is 11.3 Å². The summed E-state index contributed by atoms with van der Waals surface area (Å²) in [4.78, 5) is 7.77. The van der Waals surface area contributed by atoms with Crippen LogP contribution in [0.2, 0.25) is 0 Å². The van der Waals surface area contributed by atoms with Crippen LogP contribution in [0.15, 0.2) is 30.6 Å². The summed E-state index contributed by atoms with van der Waals surface area (Å²) in [7, 11) is 0. The lowest BCUT2D eigenvalue weighted by Gasteiger charge is -2.07. The lowest BCUT2D eigenvalue weighted by atomic mass is 10.1. The van der Waals surface area contributed by atoms with E-state index in [9.17, 15) is 13.2 Å². The van der Waals surface area contributed by atoms with Gasteiger partial charge in [-0.1, -0.05) is 17.1 Å². The van der Waals surface area contributed by atoms with Crippen LogP contribution in [0.3, 0.4) is 0 Å². The molecule has 0 radical (unpaired) electrons. The van der Waals surface area contributed by atoms with Crippen molar-refractivity contribution in [3.05, 3.63) is 42.0 Å². The minimum absolute atomic E-state index is 0.218. The van der Waals surface area contributed by atoms with Gasteiger partial charge in [0, 0.05) is 11.3 Å². The quantitative estimate of drug-likeness (QED) is 0.844. The molecular formula is C11H9FN3O2S-. The first-order chi connectivity index (χ1) is 8.56. The first-order valence-electron chi connectivity index (χ1n) is 4.98. The zero-order valence-corrected chi connectivity index (χ0v) is 9.98. The fourth-order valence-electron chi connectivity index (χ4n) is 1.47. The third-order valence-corrected chi connectivity index (χ3v) is 2.83. The van der Waals surface area contributed by atoms with Crippen molar-refractivity contribution < 1.29 is 13.2 Å². The topological polar surface area (TPSA) is 91.9 Å². The third-order valence-electron chi connectivity index (χ3n) is 2.27. The number of nitrogens with zero attached hydrogens (tertiary/aromatic N) is 2. The number of nitrogens with two attached hydrogens (primary N) is 1. The molecule has 0 fully saturated rings. The van der Waals surface area contributed by atoms with Gasteiger partial charge < -0.3 is 10.3 Å². The van der Waals surface area contributed by atoms with Crippen LogP contribution in [-0.4, -0.2) is 18.7 Å². The molecule has 1 aromatic carbocycles. The van der Waals surface area contributed by atoms with Gasteiger partial charge in [-0.3, -0.25) is 9.19 Å². The van der Waals surface area contributed by atoms with Crippen molar-refractivity contribution in [2.45, 2.75) is 5.75 Å². The second kappa shape index (κ2) is 5.19.